The van der Waals surface area contributed by atoms with Crippen LogP contribution in [0.25, 0.3) is 0 Å². The van der Waals surface area contributed by atoms with E-state index >= 15 is 0 Å². The molecule has 0 bridgehead atoms. The van der Waals surface area contributed by atoms with Crippen LogP contribution < -0.4 is 10.1 Å². The maximum Gasteiger partial charge on any atom is 0.311 e. The summed E-state index contributed by atoms with van der Waals surface area (Å²) in [5.74, 6) is 0.207. The van der Waals surface area contributed by atoms with Crippen molar-refractivity contribution in [3.8, 4) is 5.88 Å². The molecule has 94 valence electrons. The zero-order chi connectivity index (χ0) is 12.8. The molecule has 0 saturated heterocycles. The van der Waals surface area contributed by atoms with Gasteiger partial charge in [-0.1, -0.05) is 0 Å². The number of rotatable bonds is 6. The van der Waals surface area contributed by atoms with Gasteiger partial charge in [-0.2, -0.15) is 4.98 Å². The molecule has 1 aromatic rings. The first kappa shape index (κ1) is 13.1. The highest BCUT2D eigenvalue weighted by Gasteiger charge is 2.16. The highest BCUT2D eigenvalue weighted by molar-refractivity contribution is 5.57. The predicted molar refractivity (Wildman–Crippen MR) is 59.0 cm³/mol. The zero-order valence-corrected chi connectivity index (χ0v) is 9.16. The number of hydrogen-bond acceptors (Lipinski definition) is 7. The van der Waals surface area contributed by atoms with Gasteiger partial charge in [-0.3, -0.25) is 10.1 Å². The van der Waals surface area contributed by atoms with Gasteiger partial charge >= 0.3 is 5.69 Å². The van der Waals surface area contributed by atoms with Crippen LogP contribution in [0, 0.1) is 10.1 Å². The molecule has 1 rings (SSSR count). The average molecular weight is 243 g/mol. The Hall–Kier alpha value is -1.93. The summed E-state index contributed by atoms with van der Waals surface area (Å²) in [4.78, 5) is 14.0. The van der Waals surface area contributed by atoms with Crippen LogP contribution in [-0.2, 0) is 0 Å². The van der Waals surface area contributed by atoms with Crippen LogP contribution in [0.5, 0.6) is 5.88 Å². The highest BCUT2D eigenvalue weighted by atomic mass is 16.6. The monoisotopic (exact) mass is 243 g/mol. The Bertz CT molecular complexity index is 398. The second kappa shape index (κ2) is 5.97. The van der Waals surface area contributed by atoms with Crippen LogP contribution in [0.3, 0.4) is 0 Å². The maximum atomic E-state index is 10.7. The SMILES string of the molecule is COc1ccc([N+](=O)[O-])c(NC[C@H](O)CO)n1. The molecule has 0 saturated carbocycles. The number of aliphatic hydroxyl groups excluding tert-OH is 2. The molecule has 0 spiro atoms. The summed E-state index contributed by atoms with van der Waals surface area (Å²) in [6, 6.07) is 2.62. The molecule has 0 fully saturated rings. The lowest BCUT2D eigenvalue weighted by Gasteiger charge is -2.10. The fraction of sp³-hybridized carbons (Fsp3) is 0.444. The summed E-state index contributed by atoms with van der Waals surface area (Å²) in [6.45, 7) is -0.484. The number of hydrogen-bond donors (Lipinski definition) is 3. The summed E-state index contributed by atoms with van der Waals surface area (Å²) in [5, 5.41) is 31.0. The minimum atomic E-state index is -1.01. The Labute approximate surface area is 97.0 Å². The van der Waals surface area contributed by atoms with Crippen molar-refractivity contribution in [1.29, 1.82) is 0 Å². The lowest BCUT2D eigenvalue weighted by molar-refractivity contribution is -0.384. The topological polar surface area (TPSA) is 118 Å². The largest absolute Gasteiger partial charge is 0.481 e. The summed E-state index contributed by atoms with van der Waals surface area (Å²) < 4.78 is 4.84. The lowest BCUT2D eigenvalue weighted by Crippen LogP contribution is -2.23. The summed E-state index contributed by atoms with van der Waals surface area (Å²) in [5.41, 5.74) is -0.226. The van der Waals surface area contributed by atoms with Gasteiger partial charge in [0.2, 0.25) is 11.7 Å². The van der Waals surface area contributed by atoms with Crippen LogP contribution in [-0.4, -0.2) is 46.5 Å². The number of methoxy groups -OCH3 is 1. The number of nitrogens with one attached hydrogen (secondary N) is 1. The smallest absolute Gasteiger partial charge is 0.311 e. The van der Waals surface area contributed by atoms with E-state index in [1.54, 1.807) is 0 Å². The molecule has 0 aromatic carbocycles. The molecule has 8 nitrogen and oxygen atoms in total. The molecule has 0 unspecified atom stereocenters. The van der Waals surface area contributed by atoms with Gasteiger partial charge in [-0.25, -0.2) is 0 Å². The molecule has 0 aliphatic rings. The standard InChI is InChI=1S/C9H13N3O5/c1-17-8-3-2-7(12(15)16)9(11-8)10-4-6(14)5-13/h2-3,6,13-14H,4-5H2,1H3,(H,10,11)/t6-/m0/s1. The van der Waals surface area contributed by atoms with Gasteiger partial charge in [-0.05, 0) is 0 Å². The molecule has 1 aromatic heterocycles. The summed E-state index contributed by atoms with van der Waals surface area (Å²) in [7, 11) is 1.39. The number of anilines is 1. The molecule has 0 amide bonds. The molecule has 1 atom stereocenters. The van der Waals surface area contributed by atoms with Crippen molar-refractivity contribution in [1.82, 2.24) is 4.98 Å². The number of aliphatic hydroxyl groups is 2. The van der Waals surface area contributed by atoms with Crippen molar-refractivity contribution in [2.75, 3.05) is 25.6 Å². The van der Waals surface area contributed by atoms with E-state index in [0.29, 0.717) is 0 Å². The van der Waals surface area contributed by atoms with Crippen molar-refractivity contribution < 1.29 is 19.9 Å². The van der Waals surface area contributed by atoms with Crippen LogP contribution in [0.1, 0.15) is 0 Å². The molecule has 1 heterocycles. The number of pyridine rings is 1. The van der Waals surface area contributed by atoms with Crippen molar-refractivity contribution in [2.45, 2.75) is 6.10 Å². The fourth-order valence-electron chi connectivity index (χ4n) is 1.10. The van der Waals surface area contributed by atoms with Gasteiger partial charge in [0.1, 0.15) is 0 Å². The molecule has 8 heteroatoms. The molecular weight excluding hydrogens is 230 g/mol. The van der Waals surface area contributed by atoms with E-state index in [9.17, 15) is 10.1 Å². The first-order valence-electron chi connectivity index (χ1n) is 4.80. The Morgan fingerprint density at radius 2 is 2.35 bits per heavy atom. The maximum absolute atomic E-state index is 10.7. The number of nitro groups is 1. The minimum absolute atomic E-state index is 0.0122. The van der Waals surface area contributed by atoms with E-state index in [1.165, 1.54) is 19.2 Å². The quantitative estimate of drug-likeness (QED) is 0.466. The third-order valence-corrected chi connectivity index (χ3v) is 1.97. The summed E-state index contributed by atoms with van der Waals surface area (Å²) >= 11 is 0. The molecule has 0 aliphatic heterocycles. The zero-order valence-electron chi connectivity index (χ0n) is 9.16. The third-order valence-electron chi connectivity index (χ3n) is 1.97. The van der Waals surface area contributed by atoms with Gasteiger partial charge in [0.25, 0.3) is 0 Å². The first-order valence-corrected chi connectivity index (χ1v) is 4.80. The number of aromatic nitrogens is 1. The van der Waals surface area contributed by atoms with E-state index in [4.69, 9.17) is 14.9 Å². The Morgan fingerprint density at radius 3 is 2.88 bits per heavy atom. The van der Waals surface area contributed by atoms with E-state index in [1.807, 2.05) is 0 Å². The normalized spacial score (nSPS) is 11.9. The van der Waals surface area contributed by atoms with Gasteiger partial charge in [0.15, 0.2) is 0 Å². The van der Waals surface area contributed by atoms with Gasteiger partial charge in [-0.15, -0.1) is 0 Å². The average Bonchev–Trinajstić information content (AvgIpc) is 2.35. The molecular formula is C9H13N3O5. The van der Waals surface area contributed by atoms with Gasteiger partial charge < -0.3 is 20.3 Å². The van der Waals surface area contributed by atoms with E-state index in [2.05, 4.69) is 10.3 Å². The fourth-order valence-corrected chi connectivity index (χ4v) is 1.10. The van der Waals surface area contributed by atoms with Crippen LogP contribution >= 0.6 is 0 Å². The second-order valence-corrected chi connectivity index (χ2v) is 3.20. The van der Waals surface area contributed by atoms with Crippen molar-refractivity contribution in [3.05, 3.63) is 22.2 Å². The van der Waals surface area contributed by atoms with E-state index in [0.717, 1.165) is 0 Å². The number of ether oxygens (including phenoxy) is 1. The van der Waals surface area contributed by atoms with E-state index in [-0.39, 0.29) is 23.9 Å². The minimum Gasteiger partial charge on any atom is -0.481 e. The Morgan fingerprint density at radius 1 is 1.65 bits per heavy atom. The molecule has 0 radical (unpaired) electrons. The summed E-state index contributed by atoms with van der Waals surface area (Å²) in [6.07, 6.45) is -1.01. The Balaban J connectivity index is 2.89. The van der Waals surface area contributed by atoms with Gasteiger partial charge in [0, 0.05) is 18.7 Å². The lowest BCUT2D eigenvalue weighted by atomic mass is 10.3. The van der Waals surface area contributed by atoms with Gasteiger partial charge in [0.05, 0.1) is 24.7 Å². The van der Waals surface area contributed by atoms with Crippen molar-refractivity contribution in [3.63, 3.8) is 0 Å². The van der Waals surface area contributed by atoms with Crippen LogP contribution in [0.15, 0.2) is 12.1 Å². The number of nitrogens with zero attached hydrogens (tertiary/aromatic N) is 2. The first-order chi connectivity index (χ1) is 8.08. The van der Waals surface area contributed by atoms with Crippen LogP contribution in [0.2, 0.25) is 0 Å². The third kappa shape index (κ3) is 3.54. The Kier molecular flexibility index (Phi) is 4.61. The van der Waals surface area contributed by atoms with Crippen molar-refractivity contribution in [2.24, 2.45) is 0 Å². The van der Waals surface area contributed by atoms with Crippen molar-refractivity contribution >= 4 is 11.5 Å². The molecule has 17 heavy (non-hydrogen) atoms. The van der Waals surface area contributed by atoms with Crippen LogP contribution in [0.4, 0.5) is 11.5 Å². The molecule has 0 aliphatic carbocycles. The highest BCUT2D eigenvalue weighted by Crippen LogP contribution is 2.24. The molecule has 3 N–H and O–H groups in total. The predicted octanol–water partition coefficient (Wildman–Crippen LogP) is -0.237. The van der Waals surface area contributed by atoms with E-state index < -0.39 is 17.6 Å². The second-order valence-electron chi connectivity index (χ2n) is 3.20.